The van der Waals surface area contributed by atoms with Crippen molar-refractivity contribution in [2.75, 3.05) is 13.2 Å². The number of thiophene rings is 1. The van der Waals surface area contributed by atoms with E-state index in [1.807, 2.05) is 6.92 Å². The normalized spacial score (nSPS) is 16.3. The predicted molar refractivity (Wildman–Crippen MR) is 98.1 cm³/mol. The summed E-state index contributed by atoms with van der Waals surface area (Å²) in [5, 5.41) is 2.88. The standard InChI is InChI=1S/C19H18N2O5S/c1-12-4-6-13(7-5-12)18(24)20-21-10-14(9-17(21)23)19(25)26-11-15(22)16-3-2-8-27-16/h2-8,14H,9-11H2,1H3,(H,20,24). The van der Waals surface area contributed by atoms with Gasteiger partial charge in [0.25, 0.3) is 5.91 Å². The van der Waals surface area contributed by atoms with Crippen LogP contribution in [0.1, 0.15) is 32.0 Å². The summed E-state index contributed by atoms with van der Waals surface area (Å²) in [5.74, 6) is -2.42. The molecule has 3 rings (SSSR count). The third kappa shape index (κ3) is 4.59. The number of benzene rings is 1. The molecule has 0 bridgehead atoms. The molecule has 2 aromatic rings. The molecule has 1 unspecified atom stereocenters. The Morgan fingerprint density at radius 2 is 1.96 bits per heavy atom. The smallest absolute Gasteiger partial charge is 0.311 e. The largest absolute Gasteiger partial charge is 0.457 e. The van der Waals surface area contributed by atoms with Crippen LogP contribution in [-0.4, -0.2) is 41.7 Å². The van der Waals surface area contributed by atoms with E-state index in [-0.39, 0.29) is 31.3 Å². The number of aryl methyl sites for hydroxylation is 1. The van der Waals surface area contributed by atoms with Gasteiger partial charge in [-0.25, -0.2) is 0 Å². The number of carbonyl (C=O) groups is 4. The monoisotopic (exact) mass is 386 g/mol. The number of ether oxygens (including phenoxy) is 1. The van der Waals surface area contributed by atoms with Gasteiger partial charge in [-0.3, -0.25) is 29.6 Å². The molecule has 140 valence electrons. The van der Waals surface area contributed by atoms with Crippen LogP contribution >= 0.6 is 11.3 Å². The molecule has 0 saturated carbocycles. The second kappa shape index (κ2) is 8.13. The number of hydrazine groups is 1. The van der Waals surface area contributed by atoms with Gasteiger partial charge in [-0.05, 0) is 30.5 Å². The lowest BCUT2D eigenvalue weighted by atomic mass is 10.1. The van der Waals surface area contributed by atoms with Crippen molar-refractivity contribution in [2.24, 2.45) is 5.92 Å². The SMILES string of the molecule is Cc1ccc(C(=O)NN2CC(C(=O)OCC(=O)c3cccs3)CC2=O)cc1. The van der Waals surface area contributed by atoms with E-state index in [2.05, 4.69) is 5.43 Å². The molecule has 27 heavy (non-hydrogen) atoms. The summed E-state index contributed by atoms with van der Waals surface area (Å²) in [4.78, 5) is 48.8. The number of nitrogens with zero attached hydrogens (tertiary/aromatic N) is 1. The molecule has 0 aliphatic carbocycles. The van der Waals surface area contributed by atoms with E-state index >= 15 is 0 Å². The zero-order valence-electron chi connectivity index (χ0n) is 14.6. The lowest BCUT2D eigenvalue weighted by molar-refractivity contribution is -0.147. The van der Waals surface area contributed by atoms with Crippen LogP contribution in [0.3, 0.4) is 0 Å². The van der Waals surface area contributed by atoms with Crippen LogP contribution in [-0.2, 0) is 14.3 Å². The summed E-state index contributed by atoms with van der Waals surface area (Å²) in [6.07, 6.45) is -0.0692. The molecule has 1 saturated heterocycles. The zero-order chi connectivity index (χ0) is 19.4. The van der Waals surface area contributed by atoms with E-state index in [4.69, 9.17) is 4.74 Å². The predicted octanol–water partition coefficient (Wildman–Crippen LogP) is 1.98. The molecule has 1 fully saturated rings. The van der Waals surface area contributed by atoms with E-state index in [1.54, 1.807) is 41.8 Å². The van der Waals surface area contributed by atoms with E-state index in [1.165, 1.54) is 11.3 Å². The van der Waals surface area contributed by atoms with E-state index in [0.717, 1.165) is 10.6 Å². The van der Waals surface area contributed by atoms with Gasteiger partial charge in [0.15, 0.2) is 6.61 Å². The maximum absolute atomic E-state index is 12.2. The average Bonchev–Trinajstić information content (AvgIpc) is 3.30. The summed E-state index contributed by atoms with van der Waals surface area (Å²) >= 11 is 1.27. The molecule has 2 amide bonds. The van der Waals surface area contributed by atoms with Crippen LogP contribution in [0.4, 0.5) is 0 Å². The molecular weight excluding hydrogens is 368 g/mol. The lowest BCUT2D eigenvalue weighted by Crippen LogP contribution is -2.43. The molecule has 0 spiro atoms. The minimum absolute atomic E-state index is 0.0163. The van der Waals surface area contributed by atoms with Crippen molar-refractivity contribution in [3.8, 4) is 0 Å². The number of hydrogen-bond acceptors (Lipinski definition) is 6. The highest BCUT2D eigenvalue weighted by molar-refractivity contribution is 7.12. The highest BCUT2D eigenvalue weighted by atomic mass is 32.1. The molecule has 1 atom stereocenters. The fraction of sp³-hybridized carbons (Fsp3) is 0.263. The van der Waals surface area contributed by atoms with Crippen LogP contribution in [0.25, 0.3) is 0 Å². The molecule has 2 heterocycles. The Labute approximate surface area is 159 Å². The second-order valence-electron chi connectivity index (χ2n) is 6.22. The van der Waals surface area contributed by atoms with Gasteiger partial charge in [0, 0.05) is 12.0 Å². The van der Waals surface area contributed by atoms with Gasteiger partial charge in [0.2, 0.25) is 11.7 Å². The van der Waals surface area contributed by atoms with Gasteiger partial charge >= 0.3 is 5.97 Å². The number of nitrogens with one attached hydrogen (secondary N) is 1. The Kier molecular flexibility index (Phi) is 5.66. The Hall–Kier alpha value is -3.00. The third-order valence-electron chi connectivity index (χ3n) is 4.15. The Bertz CT molecular complexity index is 861. The molecule has 0 radical (unpaired) electrons. The fourth-order valence-electron chi connectivity index (χ4n) is 2.63. The molecule has 8 heteroatoms. The maximum atomic E-state index is 12.2. The highest BCUT2D eigenvalue weighted by Gasteiger charge is 2.36. The van der Waals surface area contributed by atoms with Gasteiger partial charge in [0.1, 0.15) is 0 Å². The first kappa shape index (κ1) is 18.8. The average molecular weight is 386 g/mol. The van der Waals surface area contributed by atoms with Gasteiger partial charge in [-0.2, -0.15) is 0 Å². The van der Waals surface area contributed by atoms with Gasteiger partial charge in [-0.15, -0.1) is 11.3 Å². The molecule has 1 N–H and O–H groups in total. The van der Waals surface area contributed by atoms with Crippen molar-refractivity contribution in [2.45, 2.75) is 13.3 Å². The van der Waals surface area contributed by atoms with E-state index in [0.29, 0.717) is 10.4 Å². The summed E-state index contributed by atoms with van der Waals surface area (Å²) in [5.41, 5.74) is 3.94. The number of Topliss-reactive ketones (excluding diaryl/α,β-unsaturated/α-hetero) is 1. The van der Waals surface area contributed by atoms with Crippen molar-refractivity contribution < 1.29 is 23.9 Å². The quantitative estimate of drug-likeness (QED) is 0.605. The van der Waals surface area contributed by atoms with Gasteiger partial charge < -0.3 is 4.74 Å². The Morgan fingerprint density at radius 3 is 2.63 bits per heavy atom. The van der Waals surface area contributed by atoms with Crippen molar-refractivity contribution in [1.29, 1.82) is 0 Å². The van der Waals surface area contributed by atoms with Crippen LogP contribution in [0, 0.1) is 12.8 Å². The summed E-state index contributed by atoms with van der Waals surface area (Å²) in [6, 6.07) is 10.3. The lowest BCUT2D eigenvalue weighted by Gasteiger charge is -2.17. The molecule has 1 aromatic carbocycles. The molecule has 7 nitrogen and oxygen atoms in total. The Morgan fingerprint density at radius 1 is 1.22 bits per heavy atom. The molecule has 1 aliphatic rings. The maximum Gasteiger partial charge on any atom is 0.311 e. The zero-order valence-corrected chi connectivity index (χ0v) is 15.5. The summed E-state index contributed by atoms with van der Waals surface area (Å²) in [7, 11) is 0. The number of rotatable bonds is 6. The van der Waals surface area contributed by atoms with E-state index in [9.17, 15) is 19.2 Å². The number of amides is 2. The number of ketones is 1. The molecule has 1 aromatic heterocycles. The topological polar surface area (TPSA) is 92.8 Å². The van der Waals surface area contributed by atoms with Gasteiger partial charge in [0.05, 0.1) is 17.3 Å². The minimum atomic E-state index is -0.716. The van der Waals surface area contributed by atoms with Crippen molar-refractivity contribution in [3.63, 3.8) is 0 Å². The van der Waals surface area contributed by atoms with Crippen molar-refractivity contribution in [1.82, 2.24) is 10.4 Å². The van der Waals surface area contributed by atoms with Crippen LogP contribution in [0.2, 0.25) is 0 Å². The Balaban J connectivity index is 1.52. The van der Waals surface area contributed by atoms with Crippen molar-refractivity contribution >= 4 is 34.9 Å². The number of esters is 1. The molecule has 1 aliphatic heterocycles. The number of carbonyl (C=O) groups excluding carboxylic acids is 4. The van der Waals surface area contributed by atoms with Crippen LogP contribution in [0.5, 0.6) is 0 Å². The van der Waals surface area contributed by atoms with Gasteiger partial charge in [-0.1, -0.05) is 23.8 Å². The summed E-state index contributed by atoms with van der Waals surface area (Å²) in [6.45, 7) is 1.56. The minimum Gasteiger partial charge on any atom is -0.457 e. The van der Waals surface area contributed by atoms with Crippen LogP contribution in [0.15, 0.2) is 41.8 Å². The molecular formula is C19H18N2O5S. The fourth-order valence-corrected chi connectivity index (χ4v) is 3.28. The first-order valence-corrected chi connectivity index (χ1v) is 9.23. The third-order valence-corrected chi connectivity index (χ3v) is 5.06. The highest BCUT2D eigenvalue weighted by Crippen LogP contribution is 2.18. The van der Waals surface area contributed by atoms with Crippen LogP contribution < -0.4 is 5.43 Å². The first-order valence-electron chi connectivity index (χ1n) is 8.35. The first-order chi connectivity index (χ1) is 12.9. The summed E-state index contributed by atoms with van der Waals surface area (Å²) < 4.78 is 5.04. The number of hydrogen-bond donors (Lipinski definition) is 1. The van der Waals surface area contributed by atoms with Crippen molar-refractivity contribution in [3.05, 3.63) is 57.8 Å². The van der Waals surface area contributed by atoms with E-state index < -0.39 is 17.8 Å². The second-order valence-corrected chi connectivity index (χ2v) is 7.17.